The van der Waals surface area contributed by atoms with Crippen LogP contribution in [0.15, 0.2) is 6.08 Å². The van der Waals surface area contributed by atoms with E-state index in [1.54, 1.807) is 6.92 Å². The summed E-state index contributed by atoms with van der Waals surface area (Å²) in [5, 5.41) is 0. The van der Waals surface area contributed by atoms with Crippen LogP contribution in [-0.2, 0) is 0 Å². The fourth-order valence-electron chi connectivity index (χ4n) is 1.71. The average Bonchev–Trinajstić information content (AvgIpc) is 2.78. The van der Waals surface area contributed by atoms with E-state index >= 15 is 0 Å². The minimum absolute atomic E-state index is 0.373. The minimum Gasteiger partial charge on any atom is -0.462 e. The normalized spacial score (nSPS) is 16.0. The molecule has 1 aliphatic heterocycles. The molecule has 0 bridgehead atoms. The highest BCUT2D eigenvalue weighted by Gasteiger charge is 2.18. The van der Waals surface area contributed by atoms with E-state index < -0.39 is 0 Å². The van der Waals surface area contributed by atoms with Gasteiger partial charge in [0.25, 0.3) is 5.88 Å². The van der Waals surface area contributed by atoms with E-state index in [0.717, 1.165) is 25.2 Å². The Morgan fingerprint density at radius 3 is 3.18 bits per heavy atom. The van der Waals surface area contributed by atoms with Crippen LogP contribution in [0.3, 0.4) is 0 Å². The van der Waals surface area contributed by atoms with Gasteiger partial charge in [0.15, 0.2) is 6.61 Å². The largest absolute Gasteiger partial charge is 0.462 e. The molecule has 2 rings (SSSR count). The molecule has 0 saturated heterocycles. The Morgan fingerprint density at radius 1 is 1.53 bits per heavy atom. The van der Waals surface area contributed by atoms with Gasteiger partial charge in [-0.2, -0.15) is 4.37 Å². The van der Waals surface area contributed by atoms with E-state index in [4.69, 9.17) is 4.74 Å². The van der Waals surface area contributed by atoms with Crippen molar-refractivity contribution < 1.29 is 4.74 Å². The second-order valence-corrected chi connectivity index (χ2v) is 4.42. The van der Waals surface area contributed by atoms with Crippen LogP contribution in [0, 0.1) is 11.8 Å². The van der Waals surface area contributed by atoms with Crippen LogP contribution in [0.25, 0.3) is 5.57 Å². The van der Waals surface area contributed by atoms with Gasteiger partial charge in [0.05, 0.1) is 11.7 Å². The smallest absolute Gasteiger partial charge is 0.254 e. The van der Waals surface area contributed by atoms with Gasteiger partial charge in [0.1, 0.15) is 5.69 Å². The Morgan fingerprint density at radius 2 is 2.41 bits per heavy atom. The molecule has 0 aromatic carbocycles. The average molecular weight is 249 g/mol. The Kier molecular flexibility index (Phi) is 4.13. The fraction of sp³-hybridized carbons (Fsp3) is 0.500. The standard InChI is InChI=1S/C12H15N3OS/c1-3-4-8-16-12-11(13-17-14-12)10-6-5-7-15(2)9-10/h6H,5,7-9H2,1-2H3. The highest BCUT2D eigenvalue weighted by molar-refractivity contribution is 6.99. The molecular formula is C12H15N3OS. The summed E-state index contributed by atoms with van der Waals surface area (Å²) in [7, 11) is 2.11. The molecule has 0 spiro atoms. The molecule has 0 fully saturated rings. The predicted octanol–water partition coefficient (Wildman–Crippen LogP) is 1.66. The Balaban J connectivity index is 2.12. The fourth-order valence-corrected chi connectivity index (χ4v) is 2.24. The summed E-state index contributed by atoms with van der Waals surface area (Å²) < 4.78 is 14.0. The Bertz CT molecular complexity index is 470. The van der Waals surface area contributed by atoms with Crippen molar-refractivity contribution in [3.63, 3.8) is 0 Å². The highest BCUT2D eigenvalue weighted by atomic mass is 32.1. The van der Waals surface area contributed by atoms with Crippen molar-refractivity contribution in [2.24, 2.45) is 0 Å². The van der Waals surface area contributed by atoms with Gasteiger partial charge < -0.3 is 9.64 Å². The molecule has 0 N–H and O–H groups in total. The molecule has 0 aliphatic carbocycles. The van der Waals surface area contributed by atoms with Crippen molar-refractivity contribution in [3.8, 4) is 17.7 Å². The van der Waals surface area contributed by atoms with Crippen LogP contribution in [0.4, 0.5) is 0 Å². The zero-order valence-electron chi connectivity index (χ0n) is 10.1. The first-order chi connectivity index (χ1) is 8.31. The second-order valence-electron chi connectivity index (χ2n) is 3.89. The summed E-state index contributed by atoms with van der Waals surface area (Å²) in [4.78, 5) is 2.27. The molecule has 17 heavy (non-hydrogen) atoms. The molecule has 1 aromatic rings. The van der Waals surface area contributed by atoms with E-state index in [1.165, 1.54) is 17.3 Å². The lowest BCUT2D eigenvalue weighted by molar-refractivity contribution is 0.352. The van der Waals surface area contributed by atoms with Crippen molar-refractivity contribution >= 4 is 17.3 Å². The van der Waals surface area contributed by atoms with Crippen LogP contribution in [0.2, 0.25) is 0 Å². The first kappa shape index (κ1) is 12.1. The van der Waals surface area contributed by atoms with E-state index in [1.807, 2.05) is 0 Å². The SMILES string of the molecule is CC#CCOc1nsnc1C1=CCCN(C)C1. The third kappa shape index (κ3) is 3.05. The molecule has 0 saturated carbocycles. The van der Waals surface area contributed by atoms with Gasteiger partial charge in [-0.3, -0.25) is 0 Å². The van der Waals surface area contributed by atoms with Crippen molar-refractivity contribution in [1.82, 2.24) is 13.6 Å². The third-order valence-corrected chi connectivity index (χ3v) is 3.07. The maximum atomic E-state index is 5.51. The molecule has 1 aliphatic rings. The first-order valence-electron chi connectivity index (χ1n) is 5.54. The van der Waals surface area contributed by atoms with Crippen LogP contribution < -0.4 is 4.74 Å². The lowest BCUT2D eigenvalue weighted by Crippen LogP contribution is -2.25. The molecule has 4 nitrogen and oxygen atoms in total. The number of hydrogen-bond acceptors (Lipinski definition) is 5. The molecule has 90 valence electrons. The van der Waals surface area contributed by atoms with Crippen molar-refractivity contribution in [2.75, 3.05) is 26.7 Å². The Labute approximate surface area is 106 Å². The molecule has 0 atom stereocenters. The highest BCUT2D eigenvalue weighted by Crippen LogP contribution is 2.26. The number of hydrogen-bond donors (Lipinski definition) is 0. The van der Waals surface area contributed by atoms with E-state index in [-0.39, 0.29) is 0 Å². The number of ether oxygens (including phenoxy) is 1. The molecule has 5 heteroatoms. The van der Waals surface area contributed by atoms with E-state index in [9.17, 15) is 0 Å². The maximum Gasteiger partial charge on any atom is 0.254 e. The van der Waals surface area contributed by atoms with Gasteiger partial charge >= 0.3 is 0 Å². The number of likely N-dealkylation sites (N-methyl/N-ethyl adjacent to an activating group) is 1. The van der Waals surface area contributed by atoms with Crippen molar-refractivity contribution in [3.05, 3.63) is 11.8 Å². The third-order valence-electron chi connectivity index (χ3n) is 2.56. The lowest BCUT2D eigenvalue weighted by Gasteiger charge is -2.21. The monoisotopic (exact) mass is 249 g/mol. The van der Waals surface area contributed by atoms with Crippen LogP contribution in [0.5, 0.6) is 5.88 Å². The summed E-state index contributed by atoms with van der Waals surface area (Å²) in [6.45, 7) is 4.17. The number of aromatic nitrogens is 2. The van der Waals surface area contributed by atoms with Crippen LogP contribution >= 0.6 is 11.7 Å². The molecule has 0 unspecified atom stereocenters. The molecular weight excluding hydrogens is 234 g/mol. The number of nitrogens with zero attached hydrogens (tertiary/aromatic N) is 3. The van der Waals surface area contributed by atoms with E-state index in [0.29, 0.717) is 12.5 Å². The van der Waals surface area contributed by atoms with Gasteiger partial charge in [0, 0.05) is 13.1 Å². The van der Waals surface area contributed by atoms with Gasteiger partial charge in [0.2, 0.25) is 0 Å². The van der Waals surface area contributed by atoms with Gasteiger partial charge in [-0.05, 0) is 26.0 Å². The number of rotatable bonds is 3. The minimum atomic E-state index is 0.373. The summed E-state index contributed by atoms with van der Waals surface area (Å²) in [5.74, 6) is 6.26. The van der Waals surface area contributed by atoms with Crippen molar-refractivity contribution in [1.29, 1.82) is 0 Å². The summed E-state index contributed by atoms with van der Waals surface area (Å²) >= 11 is 1.19. The molecule has 2 heterocycles. The zero-order chi connectivity index (χ0) is 12.1. The molecule has 0 radical (unpaired) electrons. The van der Waals surface area contributed by atoms with Crippen LogP contribution in [-0.4, -0.2) is 40.4 Å². The van der Waals surface area contributed by atoms with Crippen LogP contribution in [0.1, 0.15) is 19.0 Å². The van der Waals surface area contributed by atoms with Gasteiger partial charge in [-0.25, -0.2) is 0 Å². The Hall–Kier alpha value is -1.38. The lowest BCUT2D eigenvalue weighted by atomic mass is 10.1. The molecule has 1 aromatic heterocycles. The maximum absolute atomic E-state index is 5.51. The van der Waals surface area contributed by atoms with E-state index in [2.05, 4.69) is 38.6 Å². The van der Waals surface area contributed by atoms with Crippen molar-refractivity contribution in [2.45, 2.75) is 13.3 Å². The topological polar surface area (TPSA) is 38.3 Å². The summed E-state index contributed by atoms with van der Waals surface area (Å²) in [6, 6.07) is 0. The summed E-state index contributed by atoms with van der Waals surface area (Å²) in [5.41, 5.74) is 2.08. The second kappa shape index (κ2) is 5.80. The predicted molar refractivity (Wildman–Crippen MR) is 68.9 cm³/mol. The van der Waals surface area contributed by atoms with Gasteiger partial charge in [-0.15, -0.1) is 10.3 Å². The first-order valence-corrected chi connectivity index (χ1v) is 6.27. The zero-order valence-corrected chi connectivity index (χ0v) is 10.9. The molecule has 0 amide bonds. The van der Waals surface area contributed by atoms with Gasteiger partial charge in [-0.1, -0.05) is 12.0 Å². The summed E-state index contributed by atoms with van der Waals surface area (Å²) in [6.07, 6.45) is 3.27. The quantitative estimate of drug-likeness (QED) is 0.764.